The number of anilines is 2. The molecule has 1 amide bonds. The van der Waals surface area contributed by atoms with E-state index in [0.717, 1.165) is 18.8 Å². The summed E-state index contributed by atoms with van der Waals surface area (Å²) in [5, 5.41) is 5.66. The van der Waals surface area contributed by atoms with Crippen LogP contribution in [0.25, 0.3) is 0 Å². The number of carbonyl (C=O) groups excluding carboxylic acids is 1. The molecule has 0 spiro atoms. The van der Waals surface area contributed by atoms with Gasteiger partial charge in [-0.3, -0.25) is 4.79 Å². The average molecular weight is 233 g/mol. The van der Waals surface area contributed by atoms with Gasteiger partial charge >= 0.3 is 0 Å². The fraction of sp³-hybridized carbons (Fsp3) is 0.462. The molecular weight excluding hydrogens is 214 g/mol. The van der Waals surface area contributed by atoms with Crippen LogP contribution >= 0.6 is 0 Å². The Morgan fingerprint density at radius 1 is 1.24 bits per heavy atom. The minimum atomic E-state index is -0.0126. The molecule has 1 aromatic carbocycles. The van der Waals surface area contributed by atoms with Gasteiger partial charge < -0.3 is 15.5 Å². The van der Waals surface area contributed by atoms with E-state index in [1.165, 1.54) is 18.5 Å². The van der Waals surface area contributed by atoms with E-state index >= 15 is 0 Å². The molecule has 0 saturated carbocycles. The molecule has 2 rings (SSSR count). The maximum atomic E-state index is 11.4. The van der Waals surface area contributed by atoms with E-state index < -0.39 is 0 Å². The zero-order chi connectivity index (χ0) is 12.1. The third kappa shape index (κ3) is 3.20. The van der Waals surface area contributed by atoms with Gasteiger partial charge in [-0.25, -0.2) is 0 Å². The molecule has 1 saturated heterocycles. The number of likely N-dealkylation sites (N-methyl/N-ethyl adjacent to an activating group) is 1. The lowest BCUT2D eigenvalue weighted by molar-refractivity contribution is -0.115. The third-order valence-corrected chi connectivity index (χ3v) is 2.96. The summed E-state index contributed by atoms with van der Waals surface area (Å²) >= 11 is 0. The number of nitrogens with one attached hydrogen (secondary N) is 2. The van der Waals surface area contributed by atoms with Crippen LogP contribution in [-0.2, 0) is 4.79 Å². The molecule has 17 heavy (non-hydrogen) atoms. The molecule has 1 heterocycles. The number of benzene rings is 1. The van der Waals surface area contributed by atoms with Crippen molar-refractivity contribution in [2.75, 3.05) is 36.9 Å². The van der Waals surface area contributed by atoms with E-state index in [-0.39, 0.29) is 5.91 Å². The number of nitrogens with zero attached hydrogens (tertiary/aromatic N) is 1. The SMILES string of the molecule is CNCC(=O)Nc1ccc(N2CCCC2)cc1. The van der Waals surface area contributed by atoms with E-state index in [4.69, 9.17) is 0 Å². The Morgan fingerprint density at radius 2 is 1.88 bits per heavy atom. The molecule has 1 aliphatic heterocycles. The van der Waals surface area contributed by atoms with Gasteiger partial charge in [-0.1, -0.05) is 0 Å². The second kappa shape index (κ2) is 5.68. The fourth-order valence-electron chi connectivity index (χ4n) is 2.10. The molecule has 0 radical (unpaired) electrons. The Morgan fingerprint density at radius 3 is 2.47 bits per heavy atom. The van der Waals surface area contributed by atoms with Crippen LogP contribution in [0.2, 0.25) is 0 Å². The van der Waals surface area contributed by atoms with Gasteiger partial charge in [-0.15, -0.1) is 0 Å². The van der Waals surface area contributed by atoms with Gasteiger partial charge in [0.2, 0.25) is 5.91 Å². The predicted molar refractivity (Wildman–Crippen MR) is 70.4 cm³/mol. The third-order valence-electron chi connectivity index (χ3n) is 2.96. The Hall–Kier alpha value is -1.55. The summed E-state index contributed by atoms with van der Waals surface area (Å²) in [7, 11) is 1.76. The number of hydrogen-bond acceptors (Lipinski definition) is 3. The van der Waals surface area contributed by atoms with Crippen molar-refractivity contribution in [3.63, 3.8) is 0 Å². The minimum Gasteiger partial charge on any atom is -0.372 e. The van der Waals surface area contributed by atoms with Crippen LogP contribution in [0.4, 0.5) is 11.4 Å². The summed E-state index contributed by atoms with van der Waals surface area (Å²) in [5.74, 6) is -0.0126. The molecule has 1 fully saturated rings. The van der Waals surface area contributed by atoms with E-state index in [0.29, 0.717) is 6.54 Å². The van der Waals surface area contributed by atoms with Gasteiger partial charge in [0.1, 0.15) is 0 Å². The van der Waals surface area contributed by atoms with Crippen molar-refractivity contribution in [2.24, 2.45) is 0 Å². The lowest BCUT2D eigenvalue weighted by Crippen LogP contribution is -2.25. The van der Waals surface area contributed by atoms with E-state index in [9.17, 15) is 4.79 Å². The van der Waals surface area contributed by atoms with Crippen molar-refractivity contribution >= 4 is 17.3 Å². The van der Waals surface area contributed by atoms with Gasteiger partial charge in [0.05, 0.1) is 6.54 Å². The second-order valence-electron chi connectivity index (χ2n) is 4.32. The van der Waals surface area contributed by atoms with E-state index in [2.05, 4.69) is 27.7 Å². The standard InChI is InChI=1S/C13H19N3O/c1-14-10-13(17)15-11-4-6-12(7-5-11)16-8-2-3-9-16/h4-7,14H,2-3,8-10H2,1H3,(H,15,17). The molecule has 4 nitrogen and oxygen atoms in total. The minimum absolute atomic E-state index is 0.0126. The van der Waals surface area contributed by atoms with Crippen LogP contribution < -0.4 is 15.5 Å². The highest BCUT2D eigenvalue weighted by Crippen LogP contribution is 2.21. The molecular formula is C13H19N3O. The summed E-state index contributed by atoms with van der Waals surface area (Å²) in [6.07, 6.45) is 2.56. The Balaban J connectivity index is 1.95. The number of hydrogen-bond donors (Lipinski definition) is 2. The van der Waals surface area contributed by atoms with Crippen LogP contribution in [0.3, 0.4) is 0 Å². The number of amides is 1. The fourth-order valence-corrected chi connectivity index (χ4v) is 2.10. The normalized spacial score (nSPS) is 15.0. The van der Waals surface area contributed by atoms with Crippen molar-refractivity contribution < 1.29 is 4.79 Å². The van der Waals surface area contributed by atoms with Crippen molar-refractivity contribution in [1.82, 2.24) is 5.32 Å². The zero-order valence-corrected chi connectivity index (χ0v) is 10.2. The first-order valence-electron chi connectivity index (χ1n) is 6.09. The molecule has 4 heteroatoms. The van der Waals surface area contributed by atoms with E-state index in [1.54, 1.807) is 7.05 Å². The molecule has 2 N–H and O–H groups in total. The largest absolute Gasteiger partial charge is 0.372 e. The molecule has 0 aliphatic carbocycles. The molecule has 1 aliphatic rings. The molecule has 0 unspecified atom stereocenters. The van der Waals surface area contributed by atoms with Gasteiger partial charge in [0, 0.05) is 24.5 Å². The summed E-state index contributed by atoms with van der Waals surface area (Å²) in [5.41, 5.74) is 2.10. The van der Waals surface area contributed by atoms with Crippen molar-refractivity contribution in [3.8, 4) is 0 Å². The average Bonchev–Trinajstić information content (AvgIpc) is 2.84. The quantitative estimate of drug-likeness (QED) is 0.827. The van der Waals surface area contributed by atoms with E-state index in [1.807, 2.05) is 12.1 Å². The zero-order valence-electron chi connectivity index (χ0n) is 10.2. The second-order valence-corrected chi connectivity index (χ2v) is 4.32. The van der Waals surface area contributed by atoms with Gasteiger partial charge in [0.15, 0.2) is 0 Å². The van der Waals surface area contributed by atoms with Crippen LogP contribution in [0, 0.1) is 0 Å². The maximum absolute atomic E-state index is 11.4. The van der Waals surface area contributed by atoms with Crippen LogP contribution in [0.1, 0.15) is 12.8 Å². The molecule has 0 aromatic heterocycles. The monoisotopic (exact) mass is 233 g/mol. The predicted octanol–water partition coefficient (Wildman–Crippen LogP) is 1.44. The Bertz CT molecular complexity index is 369. The molecule has 1 aromatic rings. The summed E-state index contributed by atoms with van der Waals surface area (Å²) < 4.78 is 0. The lowest BCUT2D eigenvalue weighted by Gasteiger charge is -2.17. The Labute approximate surface area is 102 Å². The van der Waals surface area contributed by atoms with Crippen LogP contribution in [0.15, 0.2) is 24.3 Å². The molecule has 0 bridgehead atoms. The molecule has 92 valence electrons. The molecule has 0 atom stereocenters. The van der Waals surface area contributed by atoms with Gasteiger partial charge in [0.25, 0.3) is 0 Å². The highest BCUT2D eigenvalue weighted by molar-refractivity contribution is 5.92. The van der Waals surface area contributed by atoms with Crippen LogP contribution in [-0.4, -0.2) is 32.6 Å². The van der Waals surface area contributed by atoms with Crippen molar-refractivity contribution in [1.29, 1.82) is 0 Å². The van der Waals surface area contributed by atoms with Crippen molar-refractivity contribution in [3.05, 3.63) is 24.3 Å². The highest BCUT2D eigenvalue weighted by atomic mass is 16.1. The van der Waals surface area contributed by atoms with Crippen LogP contribution in [0.5, 0.6) is 0 Å². The summed E-state index contributed by atoms with van der Waals surface area (Å²) in [4.78, 5) is 13.7. The first kappa shape index (κ1) is 11.9. The topological polar surface area (TPSA) is 44.4 Å². The first-order chi connectivity index (χ1) is 8.29. The smallest absolute Gasteiger partial charge is 0.238 e. The van der Waals surface area contributed by atoms with Gasteiger partial charge in [-0.2, -0.15) is 0 Å². The summed E-state index contributed by atoms with van der Waals surface area (Å²) in [6.45, 7) is 2.63. The van der Waals surface area contributed by atoms with Crippen molar-refractivity contribution in [2.45, 2.75) is 12.8 Å². The first-order valence-corrected chi connectivity index (χ1v) is 6.09. The maximum Gasteiger partial charge on any atom is 0.238 e. The summed E-state index contributed by atoms with van der Waals surface area (Å²) in [6, 6.07) is 8.06. The van der Waals surface area contributed by atoms with Gasteiger partial charge in [-0.05, 0) is 44.2 Å². The number of carbonyl (C=O) groups is 1. The lowest BCUT2D eigenvalue weighted by atomic mass is 10.2. The highest BCUT2D eigenvalue weighted by Gasteiger charge is 2.11. The number of rotatable bonds is 4. The Kier molecular flexibility index (Phi) is 3.98.